The van der Waals surface area contributed by atoms with Gasteiger partial charge < -0.3 is 21.1 Å². The number of benzene rings is 2. The van der Waals surface area contributed by atoms with Gasteiger partial charge in [0.25, 0.3) is 0 Å². The maximum atomic E-state index is 11.5. The van der Waals surface area contributed by atoms with Crippen molar-refractivity contribution in [3.63, 3.8) is 0 Å². The average Bonchev–Trinajstić information content (AvgIpc) is 2.43. The lowest BCUT2D eigenvalue weighted by Crippen LogP contribution is -2.16. The highest BCUT2D eigenvalue weighted by atomic mass is 16.4. The van der Waals surface area contributed by atoms with Crippen molar-refractivity contribution >= 4 is 34.6 Å². The number of rotatable bonds is 4. The molecule has 5 N–H and O–H groups in total. The van der Waals surface area contributed by atoms with Crippen LogP contribution in [0, 0.1) is 0 Å². The van der Waals surface area contributed by atoms with Crippen LogP contribution in [0.3, 0.4) is 0 Å². The van der Waals surface area contributed by atoms with Crippen LogP contribution in [0.5, 0.6) is 0 Å². The minimum absolute atomic E-state index is 0.263. The summed E-state index contributed by atoms with van der Waals surface area (Å²) in [6, 6.07) is 4.05. The summed E-state index contributed by atoms with van der Waals surface area (Å²) < 4.78 is 0. The molecule has 2 rings (SSSR count). The number of nitrogens with two attached hydrogens (primary N) is 1. The first kappa shape index (κ1) is 15.0. The molecule has 0 aliphatic heterocycles. The monoisotopic (exact) mass is 303 g/mol. The Morgan fingerprint density at radius 2 is 0.909 bits per heavy atom. The molecular formula is C14H9NO7. The molecule has 0 aliphatic carbocycles. The average molecular weight is 303 g/mol. The first-order valence-electron chi connectivity index (χ1n) is 5.85. The largest absolute Gasteiger partial charge is 0.478 e. The number of aromatic carboxylic acids is 3. The van der Waals surface area contributed by atoms with Gasteiger partial charge in [0.1, 0.15) is 0 Å². The summed E-state index contributed by atoms with van der Waals surface area (Å²) in [5, 5.41) is 26.9. The van der Waals surface area contributed by atoms with E-state index in [1.54, 1.807) is 0 Å². The topological polar surface area (TPSA) is 155 Å². The maximum absolute atomic E-state index is 11.5. The summed E-state index contributed by atoms with van der Waals surface area (Å²) in [5.74, 6) is -5.34. The van der Waals surface area contributed by atoms with Gasteiger partial charge in [-0.3, -0.25) is 4.79 Å². The molecule has 0 bridgehead atoms. The number of amides is 1. The number of hydrogen-bond acceptors (Lipinski definition) is 4. The Kier molecular flexibility index (Phi) is 3.52. The number of carboxylic acid groups (broad SMARTS) is 3. The number of hydrogen-bond donors (Lipinski definition) is 4. The first-order chi connectivity index (χ1) is 10.3. The molecular weight excluding hydrogens is 294 g/mol. The standard InChI is InChI=1S/C14H9NO7/c15-11(16)5-1-2-7(13(19)20)10-8(14(21)22)4-3-6(9(5)10)12(17)18/h1-4H,(H2,15,16)(H,17,18)(H,19,20)(H,21,22). The molecule has 0 radical (unpaired) electrons. The van der Waals surface area contributed by atoms with Crippen molar-refractivity contribution in [1.82, 2.24) is 0 Å². The molecule has 0 aliphatic rings. The lowest BCUT2D eigenvalue weighted by Gasteiger charge is -2.12. The molecule has 0 heterocycles. The van der Waals surface area contributed by atoms with Crippen LogP contribution in [-0.4, -0.2) is 39.1 Å². The van der Waals surface area contributed by atoms with Gasteiger partial charge in [0.2, 0.25) is 5.91 Å². The number of primary amides is 1. The fourth-order valence-electron chi connectivity index (χ4n) is 2.24. The Morgan fingerprint density at radius 1 is 0.636 bits per heavy atom. The van der Waals surface area contributed by atoms with E-state index in [1.807, 2.05) is 0 Å². The summed E-state index contributed by atoms with van der Waals surface area (Å²) in [6.45, 7) is 0. The molecule has 8 heteroatoms. The van der Waals surface area contributed by atoms with Crippen molar-refractivity contribution in [2.45, 2.75) is 0 Å². The van der Waals surface area contributed by atoms with Gasteiger partial charge in [-0.15, -0.1) is 0 Å². The second-order valence-corrected chi connectivity index (χ2v) is 4.35. The van der Waals surface area contributed by atoms with Crippen molar-refractivity contribution < 1.29 is 34.5 Å². The molecule has 2 aromatic carbocycles. The van der Waals surface area contributed by atoms with Gasteiger partial charge in [-0.1, -0.05) is 0 Å². The molecule has 2 aromatic rings. The van der Waals surface area contributed by atoms with E-state index in [2.05, 4.69) is 0 Å². The summed E-state index contributed by atoms with van der Waals surface area (Å²) >= 11 is 0. The predicted molar refractivity (Wildman–Crippen MR) is 73.3 cm³/mol. The Balaban J connectivity index is 3.17. The highest BCUT2D eigenvalue weighted by Crippen LogP contribution is 2.30. The summed E-state index contributed by atoms with van der Waals surface area (Å²) in [4.78, 5) is 45.4. The molecule has 0 unspecified atom stereocenters. The van der Waals surface area contributed by atoms with E-state index in [4.69, 9.17) is 5.73 Å². The molecule has 0 saturated carbocycles. The quantitative estimate of drug-likeness (QED) is 0.657. The van der Waals surface area contributed by atoms with E-state index < -0.39 is 40.5 Å². The Bertz CT molecular complexity index is 717. The van der Waals surface area contributed by atoms with Gasteiger partial charge in [-0.25, -0.2) is 14.4 Å². The van der Waals surface area contributed by atoms with E-state index in [0.29, 0.717) is 0 Å². The molecule has 0 atom stereocenters. The fraction of sp³-hybridized carbons (Fsp3) is 0. The fourth-order valence-corrected chi connectivity index (χ4v) is 2.24. The highest BCUT2D eigenvalue weighted by molar-refractivity contribution is 6.22. The molecule has 0 saturated heterocycles. The zero-order chi connectivity index (χ0) is 16.6. The predicted octanol–water partition coefficient (Wildman–Crippen LogP) is 1.03. The van der Waals surface area contributed by atoms with Gasteiger partial charge in [0.15, 0.2) is 0 Å². The Morgan fingerprint density at radius 3 is 1.18 bits per heavy atom. The van der Waals surface area contributed by atoms with E-state index in [1.165, 1.54) is 0 Å². The second kappa shape index (κ2) is 5.17. The first-order valence-corrected chi connectivity index (χ1v) is 5.85. The summed E-state index contributed by atoms with van der Waals surface area (Å²) in [6.07, 6.45) is 0. The molecule has 0 aromatic heterocycles. The maximum Gasteiger partial charge on any atom is 0.336 e. The molecule has 0 spiro atoms. The van der Waals surface area contributed by atoms with Crippen LogP contribution in [0.1, 0.15) is 41.4 Å². The van der Waals surface area contributed by atoms with Gasteiger partial charge in [-0.05, 0) is 24.3 Å². The van der Waals surface area contributed by atoms with E-state index in [0.717, 1.165) is 24.3 Å². The van der Waals surface area contributed by atoms with Crippen molar-refractivity contribution in [3.8, 4) is 0 Å². The minimum Gasteiger partial charge on any atom is -0.478 e. The molecule has 8 nitrogen and oxygen atoms in total. The van der Waals surface area contributed by atoms with Gasteiger partial charge in [0.05, 0.1) is 16.7 Å². The van der Waals surface area contributed by atoms with Gasteiger partial charge in [0, 0.05) is 16.3 Å². The van der Waals surface area contributed by atoms with Crippen molar-refractivity contribution in [2.75, 3.05) is 0 Å². The molecule has 1 amide bonds. The normalized spacial score (nSPS) is 10.4. The van der Waals surface area contributed by atoms with Crippen LogP contribution < -0.4 is 5.73 Å². The molecule has 112 valence electrons. The van der Waals surface area contributed by atoms with Crippen LogP contribution >= 0.6 is 0 Å². The van der Waals surface area contributed by atoms with Gasteiger partial charge in [-0.2, -0.15) is 0 Å². The smallest absolute Gasteiger partial charge is 0.336 e. The van der Waals surface area contributed by atoms with Gasteiger partial charge >= 0.3 is 17.9 Å². The van der Waals surface area contributed by atoms with E-state index in [9.17, 15) is 34.5 Å². The number of fused-ring (bicyclic) bond motifs is 1. The molecule has 0 fully saturated rings. The third-order valence-corrected chi connectivity index (χ3v) is 3.12. The zero-order valence-corrected chi connectivity index (χ0v) is 10.9. The Labute approximate surface area is 122 Å². The van der Waals surface area contributed by atoms with Crippen LogP contribution in [0.4, 0.5) is 0 Å². The molecule has 22 heavy (non-hydrogen) atoms. The summed E-state index contributed by atoms with van der Waals surface area (Å²) in [5.41, 5.74) is 3.65. The summed E-state index contributed by atoms with van der Waals surface area (Å²) in [7, 11) is 0. The second-order valence-electron chi connectivity index (χ2n) is 4.35. The van der Waals surface area contributed by atoms with Crippen molar-refractivity contribution in [2.24, 2.45) is 5.73 Å². The Hall–Kier alpha value is -3.42. The lowest BCUT2D eigenvalue weighted by molar-refractivity contribution is 0.0681. The number of carboxylic acids is 3. The lowest BCUT2D eigenvalue weighted by atomic mass is 9.91. The highest BCUT2D eigenvalue weighted by Gasteiger charge is 2.24. The van der Waals surface area contributed by atoms with E-state index >= 15 is 0 Å². The van der Waals surface area contributed by atoms with E-state index in [-0.39, 0.29) is 16.3 Å². The number of carbonyl (C=O) groups excluding carboxylic acids is 1. The zero-order valence-electron chi connectivity index (χ0n) is 10.9. The van der Waals surface area contributed by atoms with Crippen molar-refractivity contribution in [1.29, 1.82) is 0 Å². The van der Waals surface area contributed by atoms with Crippen LogP contribution in [0.25, 0.3) is 10.8 Å². The van der Waals surface area contributed by atoms with Crippen LogP contribution in [0.2, 0.25) is 0 Å². The van der Waals surface area contributed by atoms with Crippen LogP contribution in [0.15, 0.2) is 24.3 Å². The third-order valence-electron chi connectivity index (χ3n) is 3.12. The third kappa shape index (κ3) is 2.22. The number of carbonyl (C=O) groups is 4. The minimum atomic E-state index is -1.45. The SMILES string of the molecule is NC(=O)c1ccc(C(=O)O)c2c(C(=O)O)ccc(C(=O)O)c12. The van der Waals surface area contributed by atoms with Crippen LogP contribution in [-0.2, 0) is 0 Å². The van der Waals surface area contributed by atoms with Crippen molar-refractivity contribution in [3.05, 3.63) is 46.5 Å².